The monoisotopic (exact) mass is 318 g/mol. The smallest absolute Gasteiger partial charge is 0.343 e. The third-order valence-electron chi connectivity index (χ3n) is 2.61. The van der Waals surface area contributed by atoms with E-state index in [9.17, 15) is 9.59 Å². The molecule has 0 N–H and O–H groups in total. The summed E-state index contributed by atoms with van der Waals surface area (Å²) >= 11 is 3.37. The van der Waals surface area contributed by atoms with Crippen LogP contribution in [0.1, 0.15) is 26.3 Å². The van der Waals surface area contributed by atoms with Gasteiger partial charge in [-0.2, -0.15) is 0 Å². The molecule has 0 unspecified atom stereocenters. The summed E-state index contributed by atoms with van der Waals surface area (Å²) in [5, 5.41) is 0. The van der Waals surface area contributed by atoms with E-state index in [0.717, 1.165) is 10.0 Å². The molecule has 0 aliphatic rings. The van der Waals surface area contributed by atoms with Gasteiger partial charge < -0.3 is 4.74 Å². The number of aldehydes is 1. The number of ether oxygens (including phenoxy) is 1. The normalized spacial score (nSPS) is 10.0. The minimum Gasteiger partial charge on any atom is -0.423 e. The standard InChI is InChI=1S/C15H11BrO3/c1-10-5-6-12(8-14(10)16)15(18)19-13-4-2-3-11(7-13)9-17/h2-9H,1H3. The van der Waals surface area contributed by atoms with Gasteiger partial charge in [-0.15, -0.1) is 0 Å². The van der Waals surface area contributed by atoms with Crippen molar-refractivity contribution in [3.8, 4) is 5.75 Å². The molecule has 0 saturated heterocycles. The number of carbonyl (C=O) groups is 2. The minimum atomic E-state index is -0.455. The number of benzene rings is 2. The fourth-order valence-corrected chi connectivity index (χ4v) is 1.92. The zero-order chi connectivity index (χ0) is 13.8. The molecule has 0 amide bonds. The first kappa shape index (κ1) is 13.5. The van der Waals surface area contributed by atoms with Crippen molar-refractivity contribution in [2.45, 2.75) is 6.92 Å². The van der Waals surface area contributed by atoms with Crippen LogP contribution in [0.5, 0.6) is 5.75 Å². The van der Waals surface area contributed by atoms with Gasteiger partial charge in [0.1, 0.15) is 12.0 Å². The summed E-state index contributed by atoms with van der Waals surface area (Å²) < 4.78 is 6.07. The third kappa shape index (κ3) is 3.29. The summed E-state index contributed by atoms with van der Waals surface area (Å²) in [4.78, 5) is 22.6. The maximum absolute atomic E-state index is 11.9. The first-order valence-electron chi connectivity index (χ1n) is 5.64. The second-order valence-electron chi connectivity index (χ2n) is 4.04. The summed E-state index contributed by atoms with van der Waals surface area (Å²) in [7, 11) is 0. The largest absolute Gasteiger partial charge is 0.423 e. The van der Waals surface area contributed by atoms with Gasteiger partial charge in [0.2, 0.25) is 0 Å². The molecule has 0 radical (unpaired) electrons. The van der Waals surface area contributed by atoms with Crippen LogP contribution in [-0.4, -0.2) is 12.3 Å². The molecule has 19 heavy (non-hydrogen) atoms. The molecule has 0 saturated carbocycles. The van der Waals surface area contributed by atoms with Crippen LogP contribution in [0.15, 0.2) is 46.9 Å². The fraction of sp³-hybridized carbons (Fsp3) is 0.0667. The van der Waals surface area contributed by atoms with Gasteiger partial charge in [-0.1, -0.05) is 34.1 Å². The Hall–Kier alpha value is -1.94. The average Bonchev–Trinajstić information content (AvgIpc) is 2.42. The second kappa shape index (κ2) is 5.80. The van der Waals surface area contributed by atoms with Crippen molar-refractivity contribution in [3.05, 3.63) is 63.6 Å². The van der Waals surface area contributed by atoms with Gasteiger partial charge in [0.25, 0.3) is 0 Å². The SMILES string of the molecule is Cc1ccc(C(=O)Oc2cccc(C=O)c2)cc1Br. The van der Waals surface area contributed by atoms with E-state index >= 15 is 0 Å². The molecule has 0 aliphatic carbocycles. The number of hydrogen-bond donors (Lipinski definition) is 0. The number of esters is 1. The first-order chi connectivity index (χ1) is 9.10. The lowest BCUT2D eigenvalue weighted by atomic mass is 10.1. The van der Waals surface area contributed by atoms with E-state index in [1.54, 1.807) is 30.3 Å². The second-order valence-corrected chi connectivity index (χ2v) is 4.90. The third-order valence-corrected chi connectivity index (χ3v) is 3.47. The fourth-order valence-electron chi connectivity index (χ4n) is 1.54. The van der Waals surface area contributed by atoms with Crippen LogP contribution in [-0.2, 0) is 0 Å². The molecule has 0 aliphatic heterocycles. The van der Waals surface area contributed by atoms with E-state index in [4.69, 9.17) is 4.74 Å². The summed E-state index contributed by atoms with van der Waals surface area (Å²) in [5.41, 5.74) is 1.96. The number of hydrogen-bond acceptors (Lipinski definition) is 3. The molecule has 2 aromatic rings. The van der Waals surface area contributed by atoms with Gasteiger partial charge in [0.15, 0.2) is 0 Å². The molecule has 2 rings (SSSR count). The quantitative estimate of drug-likeness (QED) is 0.491. The Morgan fingerprint density at radius 3 is 2.68 bits per heavy atom. The summed E-state index contributed by atoms with van der Waals surface area (Å²) in [6, 6.07) is 11.7. The highest BCUT2D eigenvalue weighted by Gasteiger charge is 2.10. The van der Waals surface area contributed by atoms with Crippen LogP contribution in [0.2, 0.25) is 0 Å². The Morgan fingerprint density at radius 1 is 1.21 bits per heavy atom. The zero-order valence-electron chi connectivity index (χ0n) is 10.2. The molecule has 0 heterocycles. The van der Waals surface area contributed by atoms with Gasteiger partial charge >= 0.3 is 5.97 Å². The average molecular weight is 319 g/mol. The first-order valence-corrected chi connectivity index (χ1v) is 6.43. The highest BCUT2D eigenvalue weighted by Crippen LogP contribution is 2.19. The zero-order valence-corrected chi connectivity index (χ0v) is 11.8. The predicted octanol–water partition coefficient (Wildman–Crippen LogP) is 3.79. The Morgan fingerprint density at radius 2 is 2.00 bits per heavy atom. The van der Waals surface area contributed by atoms with Crippen LogP contribution in [0.3, 0.4) is 0 Å². The van der Waals surface area contributed by atoms with E-state index in [-0.39, 0.29) is 0 Å². The van der Waals surface area contributed by atoms with Crippen molar-refractivity contribution in [3.63, 3.8) is 0 Å². The van der Waals surface area contributed by atoms with Crippen LogP contribution < -0.4 is 4.74 Å². The van der Waals surface area contributed by atoms with Crippen molar-refractivity contribution < 1.29 is 14.3 Å². The van der Waals surface area contributed by atoms with Crippen LogP contribution in [0, 0.1) is 6.92 Å². The molecular weight excluding hydrogens is 308 g/mol. The van der Waals surface area contributed by atoms with E-state index in [2.05, 4.69) is 15.9 Å². The number of carbonyl (C=O) groups excluding carboxylic acids is 2. The Kier molecular flexibility index (Phi) is 4.12. The molecule has 3 nitrogen and oxygen atoms in total. The molecule has 0 atom stereocenters. The molecule has 0 aromatic heterocycles. The molecule has 0 spiro atoms. The van der Waals surface area contributed by atoms with Crippen molar-refractivity contribution in [1.29, 1.82) is 0 Å². The van der Waals surface area contributed by atoms with E-state index in [1.165, 1.54) is 6.07 Å². The Labute approximate surface area is 119 Å². The molecule has 0 fully saturated rings. The van der Waals surface area contributed by atoms with Crippen LogP contribution in [0.25, 0.3) is 0 Å². The topological polar surface area (TPSA) is 43.4 Å². The van der Waals surface area contributed by atoms with E-state index in [0.29, 0.717) is 23.2 Å². The summed E-state index contributed by atoms with van der Waals surface area (Å²) in [5.74, 6) is -0.102. The number of aryl methyl sites for hydroxylation is 1. The summed E-state index contributed by atoms with van der Waals surface area (Å²) in [6.45, 7) is 1.94. The van der Waals surface area contributed by atoms with Gasteiger partial charge in [-0.05, 0) is 36.8 Å². The van der Waals surface area contributed by atoms with Gasteiger partial charge in [-0.25, -0.2) is 4.79 Å². The highest BCUT2D eigenvalue weighted by atomic mass is 79.9. The van der Waals surface area contributed by atoms with Crippen LogP contribution in [0.4, 0.5) is 0 Å². The minimum absolute atomic E-state index is 0.353. The molecule has 96 valence electrons. The van der Waals surface area contributed by atoms with E-state index < -0.39 is 5.97 Å². The summed E-state index contributed by atoms with van der Waals surface area (Å²) in [6.07, 6.45) is 0.708. The highest BCUT2D eigenvalue weighted by molar-refractivity contribution is 9.10. The number of rotatable bonds is 3. The molecular formula is C15H11BrO3. The Bertz CT molecular complexity index is 635. The van der Waals surface area contributed by atoms with Gasteiger partial charge in [-0.3, -0.25) is 4.79 Å². The van der Waals surface area contributed by atoms with Crippen LogP contribution >= 0.6 is 15.9 Å². The van der Waals surface area contributed by atoms with Crippen molar-refractivity contribution in [1.82, 2.24) is 0 Å². The molecule has 2 aromatic carbocycles. The lowest BCUT2D eigenvalue weighted by Gasteiger charge is -2.06. The van der Waals surface area contributed by atoms with Gasteiger partial charge in [0, 0.05) is 10.0 Å². The van der Waals surface area contributed by atoms with Gasteiger partial charge in [0.05, 0.1) is 5.56 Å². The maximum Gasteiger partial charge on any atom is 0.343 e. The lowest BCUT2D eigenvalue weighted by molar-refractivity contribution is 0.0734. The molecule has 4 heteroatoms. The van der Waals surface area contributed by atoms with E-state index in [1.807, 2.05) is 13.0 Å². The lowest BCUT2D eigenvalue weighted by Crippen LogP contribution is -2.08. The van der Waals surface area contributed by atoms with Crippen molar-refractivity contribution in [2.75, 3.05) is 0 Å². The Balaban J connectivity index is 2.20. The maximum atomic E-state index is 11.9. The van der Waals surface area contributed by atoms with Crippen molar-refractivity contribution in [2.24, 2.45) is 0 Å². The predicted molar refractivity (Wildman–Crippen MR) is 75.7 cm³/mol. The number of halogens is 1. The molecule has 0 bridgehead atoms. The van der Waals surface area contributed by atoms with Crippen molar-refractivity contribution >= 4 is 28.2 Å².